The molecule has 0 spiro atoms. The molecule has 2 N–H and O–H groups in total. The number of nitrogens with one attached hydrogen (secondary N) is 1. The largest absolute Gasteiger partial charge is 0.480 e. The summed E-state index contributed by atoms with van der Waals surface area (Å²) in [6.45, 7) is 2.47. The molecule has 24 heavy (non-hydrogen) atoms. The van der Waals surface area contributed by atoms with Gasteiger partial charge >= 0.3 is 5.97 Å². The Balaban J connectivity index is 1.72. The second-order valence-electron chi connectivity index (χ2n) is 6.09. The average molecular weight is 333 g/mol. The van der Waals surface area contributed by atoms with Crippen LogP contribution in [-0.2, 0) is 11.2 Å². The maximum Gasteiger partial charge on any atom is 0.320 e. The summed E-state index contributed by atoms with van der Waals surface area (Å²) in [6.07, 6.45) is 3.90. The van der Waals surface area contributed by atoms with Crippen molar-refractivity contribution < 1.29 is 14.3 Å². The summed E-state index contributed by atoms with van der Waals surface area (Å²) in [5, 5.41) is 16.2. The van der Waals surface area contributed by atoms with E-state index >= 15 is 0 Å². The highest BCUT2D eigenvalue weighted by atomic mass is 19.1. The lowest BCUT2D eigenvalue weighted by Gasteiger charge is -2.20. The molecule has 0 saturated carbocycles. The number of halogens is 1. The van der Waals surface area contributed by atoms with Crippen LogP contribution in [0.15, 0.2) is 30.3 Å². The van der Waals surface area contributed by atoms with Crippen LogP contribution in [0.1, 0.15) is 31.9 Å². The minimum absolute atomic E-state index is 0.253. The van der Waals surface area contributed by atoms with Crippen LogP contribution in [0.4, 0.5) is 4.39 Å². The van der Waals surface area contributed by atoms with Gasteiger partial charge in [-0.1, -0.05) is 6.42 Å². The first kappa shape index (κ1) is 18.1. The second kappa shape index (κ2) is 8.59. The lowest BCUT2D eigenvalue weighted by Crippen LogP contribution is -2.36. The van der Waals surface area contributed by atoms with Gasteiger partial charge in [-0.25, -0.2) is 4.39 Å². The van der Waals surface area contributed by atoms with Crippen LogP contribution in [-0.4, -0.2) is 45.8 Å². The second-order valence-corrected chi connectivity index (χ2v) is 6.09. The van der Waals surface area contributed by atoms with E-state index in [2.05, 4.69) is 10.2 Å². The molecule has 0 radical (unpaired) electrons. The fourth-order valence-electron chi connectivity index (χ4n) is 2.49. The van der Waals surface area contributed by atoms with Gasteiger partial charge in [-0.15, -0.1) is 0 Å². The number of aliphatic carboxylic acids is 1. The molecule has 0 bridgehead atoms. The molecule has 0 saturated heterocycles. The summed E-state index contributed by atoms with van der Waals surface area (Å²) in [5.74, 6) is -1.04. The SMILES string of the molecule is CC(C(=O)O)N(C)CCCCCc1cc(-c2ccc(F)cc2)n[nH]1. The van der Waals surface area contributed by atoms with Gasteiger partial charge in [0.1, 0.15) is 11.9 Å². The van der Waals surface area contributed by atoms with Crippen molar-refractivity contribution in [2.45, 2.75) is 38.6 Å². The molecule has 1 heterocycles. The van der Waals surface area contributed by atoms with E-state index in [4.69, 9.17) is 5.11 Å². The Morgan fingerprint density at radius 1 is 1.29 bits per heavy atom. The Morgan fingerprint density at radius 2 is 2.00 bits per heavy atom. The summed E-state index contributed by atoms with van der Waals surface area (Å²) < 4.78 is 12.9. The molecule has 0 aliphatic heterocycles. The van der Waals surface area contributed by atoms with Gasteiger partial charge in [0.15, 0.2) is 0 Å². The normalized spacial score (nSPS) is 12.5. The molecule has 1 aromatic carbocycles. The van der Waals surface area contributed by atoms with Gasteiger partial charge in [-0.05, 0) is 70.1 Å². The van der Waals surface area contributed by atoms with Crippen LogP contribution >= 0.6 is 0 Å². The van der Waals surface area contributed by atoms with E-state index in [0.29, 0.717) is 0 Å². The summed E-state index contributed by atoms with van der Waals surface area (Å²) in [4.78, 5) is 12.7. The number of H-pyrrole nitrogens is 1. The summed E-state index contributed by atoms with van der Waals surface area (Å²) in [6, 6.07) is 7.84. The van der Waals surface area contributed by atoms with Crippen molar-refractivity contribution in [3.05, 3.63) is 41.8 Å². The summed E-state index contributed by atoms with van der Waals surface area (Å²) >= 11 is 0. The average Bonchev–Trinajstić information content (AvgIpc) is 3.03. The molecule has 0 aliphatic carbocycles. The molecule has 0 amide bonds. The third-order valence-corrected chi connectivity index (χ3v) is 4.25. The maximum absolute atomic E-state index is 12.9. The lowest BCUT2D eigenvalue weighted by molar-refractivity contribution is -0.142. The third-order valence-electron chi connectivity index (χ3n) is 4.25. The van der Waals surface area contributed by atoms with Crippen LogP contribution in [0.3, 0.4) is 0 Å². The molecule has 5 nitrogen and oxygen atoms in total. The van der Waals surface area contributed by atoms with Crippen molar-refractivity contribution in [2.75, 3.05) is 13.6 Å². The number of nitrogens with zero attached hydrogens (tertiary/aromatic N) is 2. The highest BCUT2D eigenvalue weighted by Gasteiger charge is 2.15. The molecule has 2 aromatic rings. The molecular weight excluding hydrogens is 309 g/mol. The number of aromatic amines is 1. The predicted octanol–water partition coefficient (Wildman–Crippen LogP) is 3.33. The van der Waals surface area contributed by atoms with Crippen LogP contribution < -0.4 is 0 Å². The molecule has 0 fully saturated rings. The number of likely N-dealkylation sites (N-methyl/N-ethyl adjacent to an activating group) is 1. The van der Waals surface area contributed by atoms with Crippen molar-refractivity contribution in [2.24, 2.45) is 0 Å². The Hall–Kier alpha value is -2.21. The third kappa shape index (κ3) is 5.16. The first-order chi connectivity index (χ1) is 11.5. The Kier molecular flexibility index (Phi) is 6.49. The number of carboxylic acids is 1. The Bertz CT molecular complexity index is 655. The fraction of sp³-hybridized carbons (Fsp3) is 0.444. The minimum atomic E-state index is -0.789. The zero-order valence-corrected chi connectivity index (χ0v) is 14.1. The van der Waals surface area contributed by atoms with E-state index in [1.54, 1.807) is 19.1 Å². The number of hydrogen-bond donors (Lipinski definition) is 2. The highest BCUT2D eigenvalue weighted by molar-refractivity contribution is 5.72. The zero-order valence-electron chi connectivity index (χ0n) is 14.1. The maximum atomic E-state index is 12.9. The van der Waals surface area contributed by atoms with Crippen LogP contribution in [0.25, 0.3) is 11.3 Å². The Morgan fingerprint density at radius 3 is 2.67 bits per heavy atom. The van der Waals surface area contributed by atoms with Gasteiger partial charge in [0.2, 0.25) is 0 Å². The minimum Gasteiger partial charge on any atom is -0.480 e. The molecule has 130 valence electrons. The van der Waals surface area contributed by atoms with Crippen LogP contribution in [0.2, 0.25) is 0 Å². The monoisotopic (exact) mass is 333 g/mol. The standard InChI is InChI=1S/C18H24FN3O2/c1-13(18(23)24)22(2)11-5-3-4-6-16-12-17(21-20-16)14-7-9-15(19)10-8-14/h7-10,12-13H,3-6,11H2,1-2H3,(H,20,21)(H,23,24). The number of carboxylic acid groups (broad SMARTS) is 1. The first-order valence-corrected chi connectivity index (χ1v) is 8.20. The van der Waals surface area contributed by atoms with Crippen LogP contribution in [0, 0.1) is 5.82 Å². The van der Waals surface area contributed by atoms with Crippen molar-refractivity contribution >= 4 is 5.97 Å². The topological polar surface area (TPSA) is 69.2 Å². The van der Waals surface area contributed by atoms with Gasteiger partial charge in [0.25, 0.3) is 0 Å². The number of benzene rings is 1. The van der Waals surface area contributed by atoms with Crippen molar-refractivity contribution in [3.8, 4) is 11.3 Å². The number of hydrogen-bond acceptors (Lipinski definition) is 3. The number of carbonyl (C=O) groups is 1. The van der Waals surface area contributed by atoms with Crippen molar-refractivity contribution in [1.29, 1.82) is 0 Å². The van der Waals surface area contributed by atoms with E-state index in [1.165, 1.54) is 12.1 Å². The number of unbranched alkanes of at least 4 members (excludes halogenated alkanes) is 2. The van der Waals surface area contributed by atoms with E-state index in [0.717, 1.165) is 49.2 Å². The molecule has 6 heteroatoms. The molecule has 1 atom stereocenters. The molecule has 0 aliphatic rings. The first-order valence-electron chi connectivity index (χ1n) is 8.20. The van der Waals surface area contributed by atoms with Gasteiger partial charge < -0.3 is 5.11 Å². The zero-order chi connectivity index (χ0) is 17.5. The molecular formula is C18H24FN3O2. The van der Waals surface area contributed by atoms with Gasteiger partial charge in [-0.2, -0.15) is 5.10 Å². The summed E-state index contributed by atoms with van der Waals surface area (Å²) in [7, 11) is 1.84. The number of aryl methyl sites for hydroxylation is 1. The predicted molar refractivity (Wildman–Crippen MR) is 91.3 cm³/mol. The van der Waals surface area contributed by atoms with Gasteiger partial charge in [0.05, 0.1) is 5.69 Å². The highest BCUT2D eigenvalue weighted by Crippen LogP contribution is 2.19. The molecule has 1 unspecified atom stereocenters. The number of aromatic nitrogens is 2. The van der Waals surface area contributed by atoms with Crippen molar-refractivity contribution in [1.82, 2.24) is 15.1 Å². The molecule has 2 rings (SSSR count). The lowest BCUT2D eigenvalue weighted by atomic mass is 10.1. The van der Waals surface area contributed by atoms with Gasteiger partial charge in [0, 0.05) is 11.3 Å². The van der Waals surface area contributed by atoms with E-state index in [-0.39, 0.29) is 5.82 Å². The Labute approximate surface area is 141 Å². The number of rotatable bonds is 9. The quantitative estimate of drug-likeness (QED) is 0.691. The fourth-order valence-corrected chi connectivity index (χ4v) is 2.49. The summed E-state index contributed by atoms with van der Waals surface area (Å²) in [5.41, 5.74) is 2.77. The van der Waals surface area contributed by atoms with Crippen molar-refractivity contribution in [3.63, 3.8) is 0 Å². The molecule has 1 aromatic heterocycles. The van der Waals surface area contributed by atoms with E-state index in [9.17, 15) is 9.18 Å². The smallest absolute Gasteiger partial charge is 0.320 e. The van der Waals surface area contributed by atoms with Crippen LogP contribution in [0.5, 0.6) is 0 Å². The van der Waals surface area contributed by atoms with E-state index < -0.39 is 12.0 Å². The van der Waals surface area contributed by atoms with Gasteiger partial charge in [-0.3, -0.25) is 14.8 Å². The van der Waals surface area contributed by atoms with E-state index in [1.807, 2.05) is 18.0 Å².